The smallest absolute Gasteiger partial charge is 0.273 e. The van der Waals surface area contributed by atoms with E-state index in [1.165, 1.54) is 7.11 Å². The number of hydrogen-bond acceptors (Lipinski definition) is 5. The molecule has 33 heavy (non-hydrogen) atoms. The Morgan fingerprint density at radius 1 is 1.24 bits per heavy atom. The van der Waals surface area contributed by atoms with Gasteiger partial charge in [0.15, 0.2) is 11.5 Å². The molecule has 2 aromatic carbocycles. The van der Waals surface area contributed by atoms with Crippen LogP contribution in [0, 0.1) is 6.92 Å². The van der Waals surface area contributed by atoms with Crippen molar-refractivity contribution in [1.29, 1.82) is 0 Å². The maximum absolute atomic E-state index is 13.4. The van der Waals surface area contributed by atoms with Crippen molar-refractivity contribution in [3.8, 4) is 28.5 Å². The molecule has 1 atom stereocenters. The molecular weight excluding hydrogens is 510 g/mol. The number of halogens is 2. The first kappa shape index (κ1) is 23.4. The van der Waals surface area contributed by atoms with E-state index in [2.05, 4.69) is 33.1 Å². The molecule has 1 unspecified atom stereocenters. The maximum atomic E-state index is 13.4. The summed E-state index contributed by atoms with van der Waals surface area (Å²) in [5, 5.41) is 28.8. The molecule has 0 spiro atoms. The van der Waals surface area contributed by atoms with Gasteiger partial charge in [0.05, 0.1) is 17.6 Å². The lowest BCUT2D eigenvalue weighted by molar-refractivity contribution is 0.0740. The Hall–Kier alpha value is -2.71. The van der Waals surface area contributed by atoms with Crippen LogP contribution in [0.25, 0.3) is 11.3 Å². The molecule has 7 nitrogen and oxygen atoms in total. The average Bonchev–Trinajstić information content (AvgIpc) is 3.32. The van der Waals surface area contributed by atoms with Gasteiger partial charge in [0.25, 0.3) is 5.91 Å². The van der Waals surface area contributed by atoms with Gasteiger partial charge in [0.1, 0.15) is 17.1 Å². The zero-order valence-corrected chi connectivity index (χ0v) is 20.9. The highest BCUT2D eigenvalue weighted by atomic mass is 79.9. The van der Waals surface area contributed by atoms with Crippen molar-refractivity contribution in [2.45, 2.75) is 39.2 Å². The molecule has 1 aromatic heterocycles. The Kier molecular flexibility index (Phi) is 6.59. The van der Waals surface area contributed by atoms with E-state index < -0.39 is 6.04 Å². The molecule has 0 saturated carbocycles. The first-order valence-electron chi connectivity index (χ1n) is 10.7. The summed E-state index contributed by atoms with van der Waals surface area (Å²) >= 11 is 9.74. The molecular formula is C24H25BrClN3O4. The Morgan fingerprint density at radius 3 is 2.70 bits per heavy atom. The fourth-order valence-corrected chi connectivity index (χ4v) is 4.90. The number of aromatic hydroxyl groups is 2. The second kappa shape index (κ2) is 9.27. The SMILES string of the molecule is CCCCCN1C(=O)c2[nH]nc(-c3cc(Cl)c(C)cc3O)c2C1c1cc(Br)c(O)c(OC)c1. The molecule has 174 valence electrons. The van der Waals surface area contributed by atoms with Gasteiger partial charge >= 0.3 is 0 Å². The number of nitrogens with one attached hydrogen (secondary N) is 1. The molecule has 0 aliphatic carbocycles. The first-order valence-corrected chi connectivity index (χ1v) is 11.9. The van der Waals surface area contributed by atoms with Crippen LogP contribution >= 0.6 is 27.5 Å². The molecule has 0 bridgehead atoms. The molecule has 3 N–H and O–H groups in total. The molecule has 2 heterocycles. The predicted octanol–water partition coefficient (Wildman–Crippen LogP) is 5.96. The molecule has 0 radical (unpaired) electrons. The molecule has 9 heteroatoms. The van der Waals surface area contributed by atoms with Crippen LogP contribution in [0.1, 0.15) is 59.4 Å². The Morgan fingerprint density at radius 2 is 2.00 bits per heavy atom. The highest BCUT2D eigenvalue weighted by molar-refractivity contribution is 9.10. The van der Waals surface area contributed by atoms with E-state index in [1.54, 1.807) is 29.2 Å². The maximum Gasteiger partial charge on any atom is 0.273 e. The van der Waals surface area contributed by atoms with Gasteiger partial charge in [0.2, 0.25) is 0 Å². The lowest BCUT2D eigenvalue weighted by Gasteiger charge is -2.27. The molecule has 0 fully saturated rings. The van der Waals surface area contributed by atoms with E-state index in [9.17, 15) is 15.0 Å². The van der Waals surface area contributed by atoms with Crippen LogP contribution in [0.3, 0.4) is 0 Å². The molecule has 0 saturated heterocycles. The number of H-pyrrole nitrogens is 1. The monoisotopic (exact) mass is 533 g/mol. The van der Waals surface area contributed by atoms with E-state index in [4.69, 9.17) is 16.3 Å². The quantitative estimate of drug-likeness (QED) is 0.325. The number of methoxy groups -OCH3 is 1. The minimum Gasteiger partial charge on any atom is -0.507 e. The number of aryl methyl sites for hydroxylation is 1. The number of fused-ring (bicyclic) bond motifs is 1. The first-order chi connectivity index (χ1) is 15.8. The number of carbonyl (C=O) groups is 1. The van der Waals surface area contributed by atoms with Gasteiger partial charge in [-0.3, -0.25) is 9.89 Å². The summed E-state index contributed by atoms with van der Waals surface area (Å²) in [6.07, 6.45) is 2.87. The summed E-state index contributed by atoms with van der Waals surface area (Å²) in [4.78, 5) is 15.2. The summed E-state index contributed by atoms with van der Waals surface area (Å²) in [7, 11) is 1.48. The second-order valence-electron chi connectivity index (χ2n) is 8.14. The normalized spacial score (nSPS) is 15.2. The highest BCUT2D eigenvalue weighted by Gasteiger charge is 2.42. The number of ether oxygens (including phenoxy) is 1. The van der Waals surface area contributed by atoms with Crippen LogP contribution in [-0.2, 0) is 0 Å². The van der Waals surface area contributed by atoms with E-state index in [1.807, 2.05) is 6.92 Å². The Balaban J connectivity index is 1.91. The van der Waals surface area contributed by atoms with Crippen molar-refractivity contribution in [3.63, 3.8) is 0 Å². The molecule has 1 amide bonds. The number of aromatic nitrogens is 2. The summed E-state index contributed by atoms with van der Waals surface area (Å²) in [5.74, 6) is 0.149. The van der Waals surface area contributed by atoms with Gasteiger partial charge in [-0.15, -0.1) is 0 Å². The number of phenols is 2. The number of amides is 1. The van der Waals surface area contributed by atoms with Gasteiger partial charge in [-0.2, -0.15) is 5.10 Å². The number of aromatic amines is 1. The van der Waals surface area contributed by atoms with Crippen molar-refractivity contribution < 1.29 is 19.7 Å². The zero-order valence-electron chi connectivity index (χ0n) is 18.6. The van der Waals surface area contributed by atoms with E-state index in [-0.39, 0.29) is 17.4 Å². The lowest BCUT2D eigenvalue weighted by Crippen LogP contribution is -2.30. The topological polar surface area (TPSA) is 98.7 Å². The number of unbranched alkanes of at least 4 members (excludes halogenated alkanes) is 2. The van der Waals surface area contributed by atoms with Crippen LogP contribution < -0.4 is 4.74 Å². The predicted molar refractivity (Wildman–Crippen MR) is 130 cm³/mol. The van der Waals surface area contributed by atoms with E-state index in [0.717, 1.165) is 30.4 Å². The number of nitrogens with zero attached hydrogens (tertiary/aromatic N) is 2. The number of benzene rings is 2. The number of rotatable bonds is 7. The van der Waals surface area contributed by atoms with Crippen LogP contribution in [0.2, 0.25) is 5.02 Å². The summed E-state index contributed by atoms with van der Waals surface area (Å²) in [6.45, 7) is 4.48. The fraction of sp³-hybridized carbons (Fsp3) is 0.333. The van der Waals surface area contributed by atoms with E-state index >= 15 is 0 Å². The Bertz CT molecular complexity index is 1230. The van der Waals surface area contributed by atoms with E-state index in [0.29, 0.717) is 44.3 Å². The van der Waals surface area contributed by atoms with Crippen LogP contribution in [0.5, 0.6) is 17.2 Å². The van der Waals surface area contributed by atoms with Gasteiger partial charge in [-0.1, -0.05) is 31.4 Å². The molecule has 4 rings (SSSR count). The fourth-order valence-electron chi connectivity index (χ4n) is 4.27. The van der Waals surface area contributed by atoms with Crippen molar-refractivity contribution in [1.82, 2.24) is 15.1 Å². The molecule has 1 aliphatic rings. The third kappa shape index (κ3) is 4.06. The minimum atomic E-state index is -0.483. The van der Waals surface area contributed by atoms with Gasteiger partial charge < -0.3 is 19.8 Å². The second-order valence-corrected chi connectivity index (χ2v) is 9.40. The highest BCUT2D eigenvalue weighted by Crippen LogP contribution is 2.47. The number of carbonyl (C=O) groups excluding carboxylic acids is 1. The van der Waals surface area contributed by atoms with Crippen LogP contribution in [-0.4, -0.2) is 44.9 Å². The van der Waals surface area contributed by atoms with Crippen LogP contribution in [0.15, 0.2) is 28.7 Å². The zero-order chi connectivity index (χ0) is 23.9. The summed E-state index contributed by atoms with van der Waals surface area (Å²) in [5.41, 5.74) is 3.44. The average molecular weight is 535 g/mol. The third-order valence-electron chi connectivity index (χ3n) is 5.98. The number of hydrogen-bond donors (Lipinski definition) is 3. The number of phenolic OH excluding ortho intramolecular Hbond substituents is 2. The van der Waals surface area contributed by atoms with Crippen molar-refractivity contribution in [2.75, 3.05) is 13.7 Å². The van der Waals surface area contributed by atoms with Crippen molar-refractivity contribution in [3.05, 3.63) is 56.1 Å². The minimum absolute atomic E-state index is 0.0151. The van der Waals surface area contributed by atoms with Crippen molar-refractivity contribution in [2.24, 2.45) is 0 Å². The van der Waals surface area contributed by atoms with Gasteiger partial charge in [-0.25, -0.2) is 0 Å². The van der Waals surface area contributed by atoms with Gasteiger partial charge in [0, 0.05) is 22.7 Å². The summed E-state index contributed by atoms with van der Waals surface area (Å²) < 4.78 is 5.81. The Labute approximate surface area is 205 Å². The van der Waals surface area contributed by atoms with Crippen molar-refractivity contribution >= 4 is 33.4 Å². The third-order valence-corrected chi connectivity index (χ3v) is 7.00. The molecule has 3 aromatic rings. The summed E-state index contributed by atoms with van der Waals surface area (Å²) in [6, 6.07) is 6.26. The van der Waals surface area contributed by atoms with Crippen LogP contribution in [0.4, 0.5) is 0 Å². The lowest BCUT2D eigenvalue weighted by atomic mass is 9.95. The molecule has 1 aliphatic heterocycles. The largest absolute Gasteiger partial charge is 0.507 e. The standard InChI is InChI=1S/C24H25BrClN3O4/c1-4-5-6-7-29-22(13-9-15(25)23(31)18(10-13)33-3)19-20(27-28-21(19)24(29)32)14-11-16(26)12(2)8-17(14)30/h8-11,22,30-31H,4-7H2,1-3H3,(H,27,28). The van der Waals surface area contributed by atoms with Gasteiger partial charge in [-0.05, 0) is 64.7 Å².